The van der Waals surface area contributed by atoms with Gasteiger partial charge in [0.25, 0.3) is 0 Å². The number of rotatable bonds is 0. The van der Waals surface area contributed by atoms with Gasteiger partial charge in [-0.2, -0.15) is 0 Å². The van der Waals surface area contributed by atoms with Crippen molar-refractivity contribution in [2.24, 2.45) is 0 Å². The van der Waals surface area contributed by atoms with Crippen molar-refractivity contribution in [3.8, 4) is 0 Å². The summed E-state index contributed by atoms with van der Waals surface area (Å²) in [5, 5.41) is 0. The van der Waals surface area contributed by atoms with E-state index in [-0.39, 0.29) is 41.6 Å². The Labute approximate surface area is 82.9 Å². The predicted octanol–water partition coefficient (Wildman–Crippen LogP) is 1.10. The fraction of sp³-hybridized carbons (Fsp3) is 0.833. The molecule has 1 radical (unpaired) electrons. The van der Waals surface area contributed by atoms with Crippen molar-refractivity contribution >= 4 is 5.97 Å². The second-order valence-corrected chi connectivity index (χ2v) is 2.03. The summed E-state index contributed by atoms with van der Waals surface area (Å²) in [5.74, 6) is -0.0255. The molecule has 0 bridgehead atoms. The van der Waals surface area contributed by atoms with Gasteiger partial charge in [-0.15, -0.1) is 0 Å². The van der Waals surface area contributed by atoms with Crippen LogP contribution < -0.4 is 0 Å². The first kappa shape index (κ1) is 9.66. The summed E-state index contributed by atoms with van der Waals surface area (Å²) in [6.07, 6.45) is 3.83. The van der Waals surface area contributed by atoms with E-state index in [9.17, 15) is 4.79 Å². The van der Waals surface area contributed by atoms with Gasteiger partial charge in [-0.1, -0.05) is 0 Å². The zero-order chi connectivity index (χ0) is 5.82. The minimum atomic E-state index is -0.0255. The van der Waals surface area contributed by atoms with Crippen LogP contribution in [0.2, 0.25) is 0 Å². The normalized spacial score (nSPS) is 19.3. The van der Waals surface area contributed by atoms with E-state index in [1.54, 1.807) is 0 Å². The molecule has 1 rings (SSSR count). The van der Waals surface area contributed by atoms with Crippen LogP contribution in [0.4, 0.5) is 0 Å². The van der Waals surface area contributed by atoms with Crippen LogP contribution in [-0.4, -0.2) is 12.6 Å². The molecule has 1 fully saturated rings. The molecule has 0 aromatic carbocycles. The van der Waals surface area contributed by atoms with E-state index >= 15 is 0 Å². The Morgan fingerprint density at radius 2 is 2.00 bits per heavy atom. The smallest absolute Gasteiger partial charge is 0.305 e. The number of carbonyl (C=O) groups excluding carboxylic acids is 1. The minimum Gasteiger partial charge on any atom is -0.466 e. The monoisotopic (exact) mass is 253 g/mol. The van der Waals surface area contributed by atoms with Crippen LogP contribution in [0.5, 0.6) is 0 Å². The Balaban J connectivity index is 0.000000640. The molecule has 1 aliphatic heterocycles. The molecule has 3 heteroatoms. The topological polar surface area (TPSA) is 26.3 Å². The molecule has 0 saturated carbocycles. The summed E-state index contributed by atoms with van der Waals surface area (Å²) >= 11 is 0. The average molecular weight is 253 g/mol. The molecule has 1 saturated heterocycles. The first-order valence-corrected chi connectivity index (χ1v) is 3.05. The van der Waals surface area contributed by atoms with Crippen molar-refractivity contribution in [1.82, 2.24) is 0 Å². The third-order valence-electron chi connectivity index (χ3n) is 1.29. The van der Waals surface area contributed by atoms with Crippen LogP contribution in [0.25, 0.3) is 0 Å². The molecule has 2 nitrogen and oxygen atoms in total. The molecule has 1 aliphatic rings. The largest absolute Gasteiger partial charge is 0.466 e. The number of cyclic esters (lactones) is 1. The van der Waals surface area contributed by atoms with Gasteiger partial charge in [-0.25, -0.2) is 0 Å². The standard InChI is InChI=1S/C6H10O2.La/c7-6-4-2-1-3-5-8-6;/h1-5H2;. The molecule has 0 unspecified atom stereocenters. The molecule has 0 N–H and O–H groups in total. The van der Waals surface area contributed by atoms with Gasteiger partial charge in [0.15, 0.2) is 0 Å². The fourth-order valence-corrected chi connectivity index (χ4v) is 0.806. The Morgan fingerprint density at radius 3 is 2.78 bits per heavy atom. The molecule has 1 heterocycles. The zero-order valence-electron chi connectivity index (χ0n) is 5.43. The molecule has 0 aliphatic carbocycles. The SMILES string of the molecule is O=C1CCCCCO1.[La]. The van der Waals surface area contributed by atoms with E-state index in [1.165, 1.54) is 0 Å². The summed E-state index contributed by atoms with van der Waals surface area (Å²) in [4.78, 5) is 10.5. The molecule has 49 valence electrons. The summed E-state index contributed by atoms with van der Waals surface area (Å²) in [6, 6.07) is 0. The van der Waals surface area contributed by atoms with Crippen LogP contribution in [0.1, 0.15) is 25.7 Å². The van der Waals surface area contributed by atoms with Crippen LogP contribution >= 0.6 is 0 Å². The third kappa shape index (κ3) is 4.12. The van der Waals surface area contributed by atoms with E-state index in [1.807, 2.05) is 0 Å². The second kappa shape index (κ2) is 5.45. The van der Waals surface area contributed by atoms with Crippen molar-refractivity contribution in [3.63, 3.8) is 0 Å². The minimum absolute atomic E-state index is 0. The van der Waals surface area contributed by atoms with Gasteiger partial charge in [0.05, 0.1) is 6.61 Å². The van der Waals surface area contributed by atoms with E-state index in [0.717, 1.165) is 19.3 Å². The molecular formula is C6H10LaO2. The van der Waals surface area contributed by atoms with E-state index < -0.39 is 0 Å². The molecule has 9 heavy (non-hydrogen) atoms. The van der Waals surface area contributed by atoms with Gasteiger partial charge in [0, 0.05) is 42.0 Å². The Kier molecular flexibility index (Phi) is 5.85. The second-order valence-electron chi connectivity index (χ2n) is 2.03. The van der Waals surface area contributed by atoms with Crippen molar-refractivity contribution in [3.05, 3.63) is 0 Å². The van der Waals surface area contributed by atoms with Gasteiger partial charge in [0.1, 0.15) is 0 Å². The first-order valence-electron chi connectivity index (χ1n) is 3.05. The Bertz CT molecular complexity index is 83.1. The maximum Gasteiger partial charge on any atom is 0.305 e. The third-order valence-corrected chi connectivity index (χ3v) is 1.29. The molecular weight excluding hydrogens is 243 g/mol. The Morgan fingerprint density at radius 1 is 1.22 bits per heavy atom. The van der Waals surface area contributed by atoms with Crippen LogP contribution in [-0.2, 0) is 9.53 Å². The molecule has 0 aromatic rings. The molecule has 0 aromatic heterocycles. The van der Waals surface area contributed by atoms with Crippen LogP contribution in [0.15, 0.2) is 0 Å². The Hall–Kier alpha value is 0.665. The summed E-state index contributed by atoms with van der Waals surface area (Å²) in [7, 11) is 0. The van der Waals surface area contributed by atoms with Crippen LogP contribution in [0, 0.1) is 35.6 Å². The van der Waals surface area contributed by atoms with Gasteiger partial charge < -0.3 is 4.74 Å². The number of carbonyl (C=O) groups is 1. The first-order chi connectivity index (χ1) is 3.89. The predicted molar refractivity (Wildman–Crippen MR) is 29.4 cm³/mol. The maximum absolute atomic E-state index is 10.5. The van der Waals surface area contributed by atoms with Crippen molar-refractivity contribution in [2.45, 2.75) is 25.7 Å². The van der Waals surface area contributed by atoms with E-state index in [0.29, 0.717) is 13.0 Å². The van der Waals surface area contributed by atoms with Crippen LogP contribution in [0.3, 0.4) is 0 Å². The average Bonchev–Trinajstić information content (AvgIpc) is 1.94. The summed E-state index contributed by atoms with van der Waals surface area (Å²) < 4.78 is 4.76. The van der Waals surface area contributed by atoms with E-state index in [2.05, 4.69) is 0 Å². The quantitative estimate of drug-likeness (QED) is 0.604. The van der Waals surface area contributed by atoms with Crippen molar-refractivity contribution < 1.29 is 45.1 Å². The fourth-order valence-electron chi connectivity index (χ4n) is 0.806. The maximum atomic E-state index is 10.5. The number of hydrogen-bond donors (Lipinski definition) is 0. The molecule has 0 amide bonds. The molecule has 0 spiro atoms. The number of esters is 1. The van der Waals surface area contributed by atoms with Crippen molar-refractivity contribution in [2.75, 3.05) is 6.61 Å². The van der Waals surface area contributed by atoms with Crippen molar-refractivity contribution in [1.29, 1.82) is 0 Å². The number of hydrogen-bond acceptors (Lipinski definition) is 2. The summed E-state index contributed by atoms with van der Waals surface area (Å²) in [5.41, 5.74) is 0. The van der Waals surface area contributed by atoms with Gasteiger partial charge in [0.2, 0.25) is 0 Å². The van der Waals surface area contributed by atoms with Gasteiger partial charge in [-0.3, -0.25) is 4.79 Å². The van der Waals surface area contributed by atoms with E-state index in [4.69, 9.17) is 4.74 Å². The molecule has 0 atom stereocenters. The zero-order valence-corrected chi connectivity index (χ0v) is 9.06. The summed E-state index contributed by atoms with van der Waals surface area (Å²) in [6.45, 7) is 0.638. The van der Waals surface area contributed by atoms with Gasteiger partial charge >= 0.3 is 5.97 Å². The number of ether oxygens (including phenoxy) is 1. The van der Waals surface area contributed by atoms with Gasteiger partial charge in [-0.05, 0) is 19.3 Å².